The first-order valence-corrected chi connectivity index (χ1v) is 3.51. The lowest BCUT2D eigenvalue weighted by molar-refractivity contribution is -0.142. The summed E-state index contributed by atoms with van der Waals surface area (Å²) in [4.78, 5) is 15.6. The van der Waals surface area contributed by atoms with Gasteiger partial charge in [-0.05, 0) is 0 Å². The monoisotopic (exact) mass is 161 g/mol. The number of hydrogen-bond acceptors (Lipinski definition) is 3. The second kappa shape index (κ2) is 4.31. The van der Waals surface area contributed by atoms with Crippen molar-refractivity contribution in [3.05, 3.63) is 0 Å². The summed E-state index contributed by atoms with van der Waals surface area (Å²) >= 11 is 0. The molecule has 0 rings (SSSR count). The van der Waals surface area contributed by atoms with Crippen molar-refractivity contribution in [1.82, 2.24) is 5.48 Å². The number of amides is 1. The first kappa shape index (κ1) is 10.4. The molecule has 0 aromatic carbocycles. The van der Waals surface area contributed by atoms with Crippen LogP contribution < -0.4 is 5.48 Å². The second-order valence-electron chi connectivity index (χ2n) is 3.25. The highest BCUT2D eigenvalue weighted by molar-refractivity contribution is 5.80. The van der Waals surface area contributed by atoms with Crippen molar-refractivity contribution < 1.29 is 14.7 Å². The Balaban J connectivity index is 3.54. The van der Waals surface area contributed by atoms with Crippen molar-refractivity contribution in [3.63, 3.8) is 0 Å². The fourth-order valence-electron chi connectivity index (χ4n) is 0.315. The van der Waals surface area contributed by atoms with E-state index in [0.717, 1.165) is 0 Å². The molecule has 0 saturated heterocycles. The predicted molar refractivity (Wildman–Crippen MR) is 40.6 cm³/mol. The minimum Gasteiger partial charge on any atom is -0.394 e. The molecule has 0 radical (unpaired) electrons. The van der Waals surface area contributed by atoms with E-state index in [1.807, 2.05) is 0 Å². The standard InChI is InChI=1S/C7H15NO3/c1-7(2,3)6(10)8-11-5-4-9/h9H,4-5H2,1-3H3,(H,8,10). The van der Waals surface area contributed by atoms with E-state index in [9.17, 15) is 4.79 Å². The lowest BCUT2D eigenvalue weighted by Gasteiger charge is -2.16. The molecule has 0 fully saturated rings. The highest BCUT2D eigenvalue weighted by atomic mass is 16.7. The SMILES string of the molecule is CC(C)(C)C(=O)NOCCO. The molecule has 2 N–H and O–H groups in total. The molecule has 4 heteroatoms. The number of hydroxylamine groups is 1. The lowest BCUT2D eigenvalue weighted by Crippen LogP contribution is -2.35. The van der Waals surface area contributed by atoms with E-state index in [4.69, 9.17) is 5.11 Å². The van der Waals surface area contributed by atoms with Gasteiger partial charge in [0.15, 0.2) is 0 Å². The van der Waals surface area contributed by atoms with Gasteiger partial charge in [0.1, 0.15) is 0 Å². The van der Waals surface area contributed by atoms with Gasteiger partial charge >= 0.3 is 0 Å². The van der Waals surface area contributed by atoms with Crippen molar-refractivity contribution in [2.75, 3.05) is 13.2 Å². The van der Waals surface area contributed by atoms with Gasteiger partial charge in [-0.1, -0.05) is 20.8 Å². The van der Waals surface area contributed by atoms with E-state index in [-0.39, 0.29) is 19.1 Å². The summed E-state index contributed by atoms with van der Waals surface area (Å²) in [7, 11) is 0. The molecule has 0 aliphatic heterocycles. The van der Waals surface area contributed by atoms with E-state index in [2.05, 4.69) is 10.3 Å². The molecule has 0 atom stereocenters. The third-order valence-electron chi connectivity index (χ3n) is 1.04. The van der Waals surface area contributed by atoms with Gasteiger partial charge in [0.25, 0.3) is 0 Å². The maximum atomic E-state index is 11.0. The molecule has 0 aliphatic carbocycles. The number of carbonyl (C=O) groups is 1. The summed E-state index contributed by atoms with van der Waals surface area (Å²) in [6, 6.07) is 0. The normalized spacial score (nSPS) is 11.3. The number of hydrogen-bond donors (Lipinski definition) is 2. The molecule has 0 aliphatic rings. The van der Waals surface area contributed by atoms with Crippen LogP contribution in [0, 0.1) is 5.41 Å². The van der Waals surface area contributed by atoms with Gasteiger partial charge in [-0.25, -0.2) is 5.48 Å². The van der Waals surface area contributed by atoms with Crippen LogP contribution >= 0.6 is 0 Å². The largest absolute Gasteiger partial charge is 0.394 e. The average molecular weight is 161 g/mol. The Hall–Kier alpha value is -0.610. The molecule has 0 bridgehead atoms. The van der Waals surface area contributed by atoms with Crippen LogP contribution in [0.25, 0.3) is 0 Å². The van der Waals surface area contributed by atoms with Crippen molar-refractivity contribution >= 4 is 5.91 Å². The van der Waals surface area contributed by atoms with E-state index < -0.39 is 5.41 Å². The van der Waals surface area contributed by atoms with Crippen LogP contribution in [-0.2, 0) is 9.63 Å². The Morgan fingerprint density at radius 1 is 1.55 bits per heavy atom. The number of carbonyl (C=O) groups excluding carboxylic acids is 1. The number of aliphatic hydroxyl groups excluding tert-OH is 1. The van der Waals surface area contributed by atoms with Gasteiger partial charge in [0.05, 0.1) is 13.2 Å². The summed E-state index contributed by atoms with van der Waals surface area (Å²) < 4.78 is 0. The molecule has 0 spiro atoms. The number of nitrogens with one attached hydrogen (secondary N) is 1. The van der Waals surface area contributed by atoms with Crippen LogP contribution in [0.3, 0.4) is 0 Å². The van der Waals surface area contributed by atoms with Crippen molar-refractivity contribution in [2.24, 2.45) is 5.41 Å². The topological polar surface area (TPSA) is 58.6 Å². The summed E-state index contributed by atoms with van der Waals surface area (Å²) in [5.74, 6) is -0.189. The lowest BCUT2D eigenvalue weighted by atomic mass is 9.96. The molecule has 0 aromatic heterocycles. The van der Waals surface area contributed by atoms with Gasteiger partial charge in [0, 0.05) is 5.41 Å². The molecule has 0 saturated carbocycles. The Kier molecular flexibility index (Phi) is 4.07. The predicted octanol–water partition coefficient (Wildman–Crippen LogP) is 0.0726. The summed E-state index contributed by atoms with van der Waals surface area (Å²) in [6.45, 7) is 5.38. The summed E-state index contributed by atoms with van der Waals surface area (Å²) in [5, 5.41) is 8.31. The van der Waals surface area contributed by atoms with Crippen LogP contribution in [-0.4, -0.2) is 24.2 Å². The third kappa shape index (κ3) is 4.75. The van der Waals surface area contributed by atoms with Crippen molar-refractivity contribution in [1.29, 1.82) is 0 Å². The Bertz CT molecular complexity index is 128. The first-order chi connectivity index (χ1) is 4.98. The second-order valence-corrected chi connectivity index (χ2v) is 3.25. The van der Waals surface area contributed by atoms with Gasteiger partial charge in [-0.2, -0.15) is 0 Å². The number of aliphatic hydroxyl groups is 1. The minimum absolute atomic E-state index is 0.0928. The Morgan fingerprint density at radius 3 is 2.45 bits per heavy atom. The smallest absolute Gasteiger partial charge is 0.248 e. The summed E-state index contributed by atoms with van der Waals surface area (Å²) in [6.07, 6.45) is 0. The Labute approximate surface area is 66.5 Å². The first-order valence-electron chi connectivity index (χ1n) is 3.51. The van der Waals surface area contributed by atoms with Gasteiger partial charge < -0.3 is 5.11 Å². The maximum absolute atomic E-state index is 11.0. The molecule has 4 nitrogen and oxygen atoms in total. The van der Waals surface area contributed by atoms with Gasteiger partial charge in [-0.15, -0.1) is 0 Å². The molecular weight excluding hydrogens is 146 g/mol. The van der Waals surface area contributed by atoms with E-state index in [1.165, 1.54) is 0 Å². The minimum atomic E-state index is -0.449. The number of rotatable bonds is 3. The average Bonchev–Trinajstić information content (AvgIpc) is 1.86. The summed E-state index contributed by atoms with van der Waals surface area (Å²) in [5.41, 5.74) is 1.78. The molecule has 66 valence electrons. The zero-order valence-corrected chi connectivity index (χ0v) is 7.18. The highest BCUT2D eigenvalue weighted by Gasteiger charge is 2.20. The van der Waals surface area contributed by atoms with Crippen LogP contribution in [0.15, 0.2) is 0 Å². The fourth-order valence-corrected chi connectivity index (χ4v) is 0.315. The maximum Gasteiger partial charge on any atom is 0.248 e. The molecule has 0 unspecified atom stereocenters. The molecule has 0 heterocycles. The Morgan fingerprint density at radius 2 is 2.09 bits per heavy atom. The van der Waals surface area contributed by atoms with Crippen LogP contribution in [0.4, 0.5) is 0 Å². The highest BCUT2D eigenvalue weighted by Crippen LogP contribution is 2.11. The van der Waals surface area contributed by atoms with Crippen LogP contribution in [0.5, 0.6) is 0 Å². The van der Waals surface area contributed by atoms with Crippen LogP contribution in [0.1, 0.15) is 20.8 Å². The molecule has 1 amide bonds. The van der Waals surface area contributed by atoms with Crippen LogP contribution in [0.2, 0.25) is 0 Å². The molecule has 0 aromatic rings. The van der Waals surface area contributed by atoms with Gasteiger partial charge in [-0.3, -0.25) is 9.63 Å². The van der Waals surface area contributed by atoms with Gasteiger partial charge in [0.2, 0.25) is 5.91 Å². The van der Waals surface area contributed by atoms with Crippen molar-refractivity contribution in [3.8, 4) is 0 Å². The zero-order chi connectivity index (χ0) is 8.91. The zero-order valence-electron chi connectivity index (χ0n) is 7.18. The molecule has 11 heavy (non-hydrogen) atoms. The van der Waals surface area contributed by atoms with Crippen molar-refractivity contribution in [2.45, 2.75) is 20.8 Å². The van der Waals surface area contributed by atoms with E-state index >= 15 is 0 Å². The molecular formula is C7H15NO3. The van der Waals surface area contributed by atoms with E-state index in [1.54, 1.807) is 20.8 Å². The van der Waals surface area contributed by atoms with E-state index in [0.29, 0.717) is 0 Å². The third-order valence-corrected chi connectivity index (χ3v) is 1.04. The fraction of sp³-hybridized carbons (Fsp3) is 0.857. The quantitative estimate of drug-likeness (QED) is 0.455.